The molecule has 1 aromatic rings. The second kappa shape index (κ2) is 16.3. The summed E-state index contributed by atoms with van der Waals surface area (Å²) in [5.41, 5.74) is 2.53. The third kappa shape index (κ3) is 12.5. The molecule has 2 N–H and O–H groups in total. The molecule has 0 atom stereocenters. The van der Waals surface area contributed by atoms with Crippen molar-refractivity contribution in [3.05, 3.63) is 35.4 Å². The number of nitrogens with zero attached hydrogens (tertiary/aromatic N) is 2. The zero-order valence-electron chi connectivity index (χ0n) is 16.6. The molecule has 0 saturated carbocycles. The number of ether oxygens (including phenoxy) is 2. The van der Waals surface area contributed by atoms with Crippen molar-refractivity contribution in [2.45, 2.75) is 26.4 Å². The van der Waals surface area contributed by atoms with Gasteiger partial charge in [0.1, 0.15) is 0 Å². The molecule has 0 aliphatic carbocycles. The number of benzene rings is 1. The van der Waals surface area contributed by atoms with Gasteiger partial charge in [0.15, 0.2) is 5.96 Å². The van der Waals surface area contributed by atoms with Crippen LogP contribution in [0.3, 0.4) is 0 Å². The summed E-state index contributed by atoms with van der Waals surface area (Å²) >= 11 is 0. The first kappa shape index (κ1) is 25.1. The highest BCUT2D eigenvalue weighted by atomic mass is 127. The van der Waals surface area contributed by atoms with Gasteiger partial charge in [-0.1, -0.05) is 24.3 Å². The number of nitrogens with one attached hydrogen (secondary N) is 2. The molecular formula is C19H35IN4O2. The van der Waals surface area contributed by atoms with Crippen molar-refractivity contribution >= 4 is 29.9 Å². The van der Waals surface area contributed by atoms with Crippen LogP contribution in [-0.4, -0.2) is 65.0 Å². The number of guanidine groups is 1. The Morgan fingerprint density at radius 3 is 2.58 bits per heavy atom. The van der Waals surface area contributed by atoms with Crippen LogP contribution < -0.4 is 10.6 Å². The lowest BCUT2D eigenvalue weighted by Crippen LogP contribution is -2.38. The monoisotopic (exact) mass is 478 g/mol. The minimum Gasteiger partial charge on any atom is -0.382 e. The van der Waals surface area contributed by atoms with Gasteiger partial charge in [-0.15, -0.1) is 24.0 Å². The minimum atomic E-state index is 0. The summed E-state index contributed by atoms with van der Waals surface area (Å²) in [6.45, 7) is 7.37. The molecular weight excluding hydrogens is 443 g/mol. The van der Waals surface area contributed by atoms with Crippen LogP contribution in [0.5, 0.6) is 0 Å². The fraction of sp³-hybridized carbons (Fsp3) is 0.632. The molecule has 0 unspecified atom stereocenters. The number of halogens is 1. The van der Waals surface area contributed by atoms with Gasteiger partial charge in [-0.2, -0.15) is 0 Å². The van der Waals surface area contributed by atoms with Crippen molar-refractivity contribution in [2.24, 2.45) is 4.99 Å². The normalized spacial score (nSPS) is 11.3. The van der Waals surface area contributed by atoms with Crippen LogP contribution in [0.25, 0.3) is 0 Å². The van der Waals surface area contributed by atoms with E-state index in [9.17, 15) is 0 Å². The summed E-state index contributed by atoms with van der Waals surface area (Å²) in [6.07, 6.45) is 0.937. The largest absolute Gasteiger partial charge is 0.382 e. The van der Waals surface area contributed by atoms with Crippen molar-refractivity contribution in [1.82, 2.24) is 15.5 Å². The van der Waals surface area contributed by atoms with E-state index in [1.54, 1.807) is 7.11 Å². The van der Waals surface area contributed by atoms with Gasteiger partial charge < -0.3 is 25.0 Å². The summed E-state index contributed by atoms with van der Waals surface area (Å²) in [7, 11) is 5.84. The zero-order chi connectivity index (χ0) is 18.3. The zero-order valence-corrected chi connectivity index (χ0v) is 18.9. The second-order valence-electron chi connectivity index (χ2n) is 6.14. The first-order chi connectivity index (χ1) is 12.2. The number of hydrogen-bond donors (Lipinski definition) is 2. The average molecular weight is 478 g/mol. The summed E-state index contributed by atoms with van der Waals surface area (Å²) in [6, 6.07) is 8.59. The molecule has 1 rings (SSSR count). The number of hydrogen-bond acceptors (Lipinski definition) is 4. The van der Waals surface area contributed by atoms with Crippen LogP contribution in [0, 0.1) is 0 Å². The Morgan fingerprint density at radius 1 is 1.12 bits per heavy atom. The van der Waals surface area contributed by atoms with Crippen LogP contribution in [0.15, 0.2) is 29.3 Å². The molecule has 0 aliphatic rings. The highest BCUT2D eigenvalue weighted by Crippen LogP contribution is 2.08. The molecule has 0 fully saturated rings. The van der Waals surface area contributed by atoms with E-state index >= 15 is 0 Å². The predicted octanol–water partition coefficient (Wildman–Crippen LogP) is 2.47. The molecule has 26 heavy (non-hydrogen) atoms. The maximum atomic E-state index is 5.46. The molecule has 0 saturated heterocycles. The van der Waals surface area contributed by atoms with Gasteiger partial charge in [-0.3, -0.25) is 0 Å². The first-order valence-corrected chi connectivity index (χ1v) is 8.97. The van der Waals surface area contributed by atoms with Gasteiger partial charge >= 0.3 is 0 Å². The fourth-order valence-electron chi connectivity index (χ4n) is 2.33. The van der Waals surface area contributed by atoms with E-state index in [1.807, 2.05) is 0 Å². The van der Waals surface area contributed by atoms with Gasteiger partial charge in [-0.25, -0.2) is 4.99 Å². The summed E-state index contributed by atoms with van der Waals surface area (Å²) in [4.78, 5) is 6.84. The molecule has 0 aromatic heterocycles. The van der Waals surface area contributed by atoms with Crippen molar-refractivity contribution in [3.63, 3.8) is 0 Å². The van der Waals surface area contributed by atoms with Crippen molar-refractivity contribution < 1.29 is 9.47 Å². The first-order valence-electron chi connectivity index (χ1n) is 8.97. The molecule has 0 amide bonds. The molecule has 0 bridgehead atoms. The predicted molar refractivity (Wildman–Crippen MR) is 119 cm³/mol. The second-order valence-corrected chi connectivity index (χ2v) is 6.14. The molecule has 7 heteroatoms. The van der Waals surface area contributed by atoms with Crippen LogP contribution in [-0.2, 0) is 22.6 Å². The SMILES string of the molecule is CCNC(=NCc1cccc(CN(C)C)c1)NCCCOCCOC.I. The van der Waals surface area contributed by atoms with E-state index < -0.39 is 0 Å². The van der Waals surface area contributed by atoms with Gasteiger partial charge in [0.05, 0.1) is 19.8 Å². The smallest absolute Gasteiger partial charge is 0.191 e. The molecule has 0 aliphatic heterocycles. The van der Waals surface area contributed by atoms with Crippen LogP contribution >= 0.6 is 24.0 Å². The molecule has 0 spiro atoms. The Morgan fingerprint density at radius 2 is 1.88 bits per heavy atom. The van der Waals surface area contributed by atoms with E-state index in [4.69, 9.17) is 9.47 Å². The Kier molecular flexibility index (Phi) is 15.7. The molecule has 1 aromatic carbocycles. The van der Waals surface area contributed by atoms with Crippen molar-refractivity contribution in [2.75, 3.05) is 54.1 Å². The van der Waals surface area contributed by atoms with E-state index in [0.29, 0.717) is 19.8 Å². The Hall–Kier alpha value is -0.900. The standard InChI is InChI=1S/C19H34N4O2.HI/c1-5-20-19(21-10-7-11-25-13-12-24-4)22-15-17-8-6-9-18(14-17)16-23(2)3;/h6,8-9,14H,5,7,10-13,15-16H2,1-4H3,(H2,20,21,22);1H. The number of aliphatic imine (C=N–C) groups is 1. The Labute approximate surface area is 175 Å². The van der Waals surface area contributed by atoms with Crippen LogP contribution in [0.1, 0.15) is 24.5 Å². The topological polar surface area (TPSA) is 58.1 Å². The Bertz CT molecular complexity index is 498. The van der Waals surface area contributed by atoms with Crippen LogP contribution in [0.2, 0.25) is 0 Å². The third-order valence-electron chi connectivity index (χ3n) is 3.44. The van der Waals surface area contributed by atoms with E-state index in [-0.39, 0.29) is 24.0 Å². The minimum absolute atomic E-state index is 0. The maximum Gasteiger partial charge on any atom is 0.191 e. The summed E-state index contributed by atoms with van der Waals surface area (Å²) in [5, 5.41) is 6.63. The lowest BCUT2D eigenvalue weighted by molar-refractivity contribution is 0.0698. The molecule has 0 radical (unpaired) electrons. The van der Waals surface area contributed by atoms with Gasteiger partial charge in [0.2, 0.25) is 0 Å². The lowest BCUT2D eigenvalue weighted by atomic mass is 10.1. The quantitative estimate of drug-likeness (QED) is 0.209. The summed E-state index contributed by atoms with van der Waals surface area (Å²) < 4.78 is 10.4. The molecule has 150 valence electrons. The van der Waals surface area contributed by atoms with Crippen LogP contribution in [0.4, 0.5) is 0 Å². The van der Waals surface area contributed by atoms with E-state index in [0.717, 1.165) is 38.6 Å². The van der Waals surface area contributed by atoms with Gasteiger partial charge in [-0.05, 0) is 38.6 Å². The highest BCUT2D eigenvalue weighted by molar-refractivity contribution is 14.0. The Balaban J connectivity index is 0.00000625. The summed E-state index contributed by atoms with van der Waals surface area (Å²) in [5.74, 6) is 0.845. The highest BCUT2D eigenvalue weighted by Gasteiger charge is 2.00. The molecule has 6 nitrogen and oxygen atoms in total. The number of rotatable bonds is 12. The van der Waals surface area contributed by atoms with E-state index in [1.165, 1.54) is 11.1 Å². The molecule has 0 heterocycles. The number of methoxy groups -OCH3 is 1. The van der Waals surface area contributed by atoms with Crippen molar-refractivity contribution in [3.8, 4) is 0 Å². The average Bonchev–Trinajstić information content (AvgIpc) is 2.58. The van der Waals surface area contributed by atoms with Crippen molar-refractivity contribution in [1.29, 1.82) is 0 Å². The third-order valence-corrected chi connectivity index (χ3v) is 3.44. The lowest BCUT2D eigenvalue weighted by Gasteiger charge is -2.12. The van der Waals surface area contributed by atoms with E-state index in [2.05, 4.69) is 65.8 Å². The fourth-order valence-corrected chi connectivity index (χ4v) is 2.33. The maximum absolute atomic E-state index is 5.46. The van der Waals surface area contributed by atoms with Gasteiger partial charge in [0.25, 0.3) is 0 Å². The van der Waals surface area contributed by atoms with Gasteiger partial charge in [0, 0.05) is 33.4 Å².